The monoisotopic (exact) mass is 352 g/mol. The largest absolute Gasteiger partial charge is 0.452 e. The fourth-order valence-electron chi connectivity index (χ4n) is 4.19. The number of carbonyl (C=O) groups excluding carboxylic acids is 2. The number of hydrogen-bond acceptors (Lipinski definition) is 5. The van der Waals surface area contributed by atoms with Crippen molar-refractivity contribution < 1.29 is 19.1 Å². The molecule has 2 aliphatic carbocycles. The van der Waals surface area contributed by atoms with E-state index >= 15 is 0 Å². The summed E-state index contributed by atoms with van der Waals surface area (Å²) < 4.78 is 10.7. The number of esters is 1. The van der Waals surface area contributed by atoms with Gasteiger partial charge in [-0.25, -0.2) is 0 Å². The quantitative estimate of drug-likeness (QED) is 0.705. The van der Waals surface area contributed by atoms with Crippen LogP contribution < -0.4 is 5.32 Å². The number of ether oxygens (including phenoxy) is 2. The van der Waals surface area contributed by atoms with E-state index in [4.69, 9.17) is 9.47 Å². The molecule has 3 rings (SSSR count). The molecule has 0 aromatic heterocycles. The van der Waals surface area contributed by atoms with Gasteiger partial charge in [-0.2, -0.15) is 0 Å². The zero-order chi connectivity index (χ0) is 17.6. The summed E-state index contributed by atoms with van der Waals surface area (Å²) in [5, 5.41) is 2.87. The number of morpholine rings is 1. The molecular formula is C19H32N2O4. The van der Waals surface area contributed by atoms with E-state index in [-0.39, 0.29) is 17.8 Å². The minimum absolute atomic E-state index is 0.0340. The Balaban J connectivity index is 1.31. The zero-order valence-corrected chi connectivity index (χ0v) is 15.4. The van der Waals surface area contributed by atoms with Gasteiger partial charge in [0.25, 0.3) is 5.91 Å². The Kier molecular flexibility index (Phi) is 6.70. The first kappa shape index (κ1) is 18.6. The third-order valence-corrected chi connectivity index (χ3v) is 5.89. The lowest BCUT2D eigenvalue weighted by Gasteiger charge is -2.26. The summed E-state index contributed by atoms with van der Waals surface area (Å²) in [6.07, 6.45) is 6.69. The third kappa shape index (κ3) is 5.42. The molecule has 1 N–H and O–H groups in total. The van der Waals surface area contributed by atoms with Crippen molar-refractivity contribution in [2.45, 2.75) is 51.6 Å². The van der Waals surface area contributed by atoms with Gasteiger partial charge < -0.3 is 14.8 Å². The normalized spacial score (nSPS) is 29.0. The van der Waals surface area contributed by atoms with Crippen molar-refractivity contribution in [3.05, 3.63) is 0 Å². The van der Waals surface area contributed by atoms with Gasteiger partial charge >= 0.3 is 5.97 Å². The molecule has 1 amide bonds. The molecule has 6 heteroatoms. The van der Waals surface area contributed by atoms with Gasteiger partial charge in [-0.1, -0.05) is 32.1 Å². The van der Waals surface area contributed by atoms with Crippen LogP contribution in [-0.2, 0) is 19.1 Å². The van der Waals surface area contributed by atoms with Gasteiger partial charge in [0, 0.05) is 26.2 Å². The summed E-state index contributed by atoms with van der Waals surface area (Å²) in [5.41, 5.74) is 0. The number of nitrogens with zero attached hydrogens (tertiary/aromatic N) is 1. The maximum absolute atomic E-state index is 12.3. The highest BCUT2D eigenvalue weighted by molar-refractivity contribution is 5.84. The van der Waals surface area contributed by atoms with Gasteiger partial charge in [0.2, 0.25) is 0 Å². The highest BCUT2D eigenvalue weighted by atomic mass is 16.5. The third-order valence-electron chi connectivity index (χ3n) is 5.89. The SMILES string of the molecule is C[C@H](OC(=O)[C@H]1C[C@@H]1C1CCCCC1)C(=O)NCCN1CCOCC1. The maximum atomic E-state index is 12.3. The molecule has 6 nitrogen and oxygen atoms in total. The highest BCUT2D eigenvalue weighted by Crippen LogP contribution is 2.49. The summed E-state index contributed by atoms with van der Waals surface area (Å²) in [4.78, 5) is 26.6. The van der Waals surface area contributed by atoms with Crippen LogP contribution in [0.25, 0.3) is 0 Å². The number of hydrogen-bond donors (Lipinski definition) is 1. The molecule has 0 bridgehead atoms. The minimum Gasteiger partial charge on any atom is -0.452 e. The Morgan fingerprint density at radius 2 is 1.92 bits per heavy atom. The van der Waals surface area contributed by atoms with Crippen LogP contribution in [0, 0.1) is 17.8 Å². The van der Waals surface area contributed by atoms with E-state index in [1.807, 2.05) is 0 Å². The van der Waals surface area contributed by atoms with E-state index in [9.17, 15) is 9.59 Å². The Labute approximate surface area is 150 Å². The Morgan fingerprint density at radius 3 is 2.64 bits per heavy atom. The molecule has 0 radical (unpaired) electrons. The molecule has 0 aromatic carbocycles. The van der Waals surface area contributed by atoms with Gasteiger partial charge in [0.15, 0.2) is 6.10 Å². The second kappa shape index (κ2) is 8.99. The van der Waals surface area contributed by atoms with E-state index in [2.05, 4.69) is 10.2 Å². The second-order valence-corrected chi connectivity index (χ2v) is 7.73. The number of rotatable bonds is 7. The van der Waals surface area contributed by atoms with Crippen LogP contribution in [-0.4, -0.2) is 62.3 Å². The van der Waals surface area contributed by atoms with E-state index in [0.717, 1.165) is 39.3 Å². The van der Waals surface area contributed by atoms with Crippen molar-refractivity contribution in [2.75, 3.05) is 39.4 Å². The molecule has 3 fully saturated rings. The molecule has 1 aliphatic heterocycles. The first-order chi connectivity index (χ1) is 12.1. The number of nitrogens with one attached hydrogen (secondary N) is 1. The Bertz CT molecular complexity index is 458. The molecule has 0 aromatic rings. The summed E-state index contributed by atoms with van der Waals surface area (Å²) in [6.45, 7) is 6.38. The predicted molar refractivity (Wildman–Crippen MR) is 94.0 cm³/mol. The average molecular weight is 352 g/mol. The summed E-state index contributed by atoms with van der Waals surface area (Å²) >= 11 is 0. The average Bonchev–Trinajstić information content (AvgIpc) is 3.44. The highest BCUT2D eigenvalue weighted by Gasteiger charge is 2.49. The first-order valence-electron chi connectivity index (χ1n) is 9.93. The van der Waals surface area contributed by atoms with Crippen molar-refractivity contribution in [1.29, 1.82) is 0 Å². The molecule has 142 valence electrons. The Hall–Kier alpha value is -1.14. The summed E-state index contributed by atoms with van der Waals surface area (Å²) in [5.74, 6) is 0.864. The van der Waals surface area contributed by atoms with Gasteiger partial charge in [0.1, 0.15) is 0 Å². The molecule has 0 spiro atoms. The van der Waals surface area contributed by atoms with Crippen LogP contribution in [0.15, 0.2) is 0 Å². The predicted octanol–water partition coefficient (Wildman–Crippen LogP) is 1.58. The van der Waals surface area contributed by atoms with Crippen LogP contribution in [0.1, 0.15) is 45.4 Å². The fraction of sp³-hybridized carbons (Fsp3) is 0.895. The molecule has 25 heavy (non-hydrogen) atoms. The molecular weight excluding hydrogens is 320 g/mol. The molecule has 2 saturated carbocycles. The molecule has 1 heterocycles. The lowest BCUT2D eigenvalue weighted by molar-refractivity contribution is -0.156. The van der Waals surface area contributed by atoms with Crippen molar-refractivity contribution in [2.24, 2.45) is 17.8 Å². The lowest BCUT2D eigenvalue weighted by atomic mass is 9.85. The Morgan fingerprint density at radius 1 is 1.20 bits per heavy atom. The molecule has 3 aliphatic rings. The molecule has 3 atom stereocenters. The number of amides is 1. The van der Waals surface area contributed by atoms with Crippen molar-refractivity contribution in [1.82, 2.24) is 10.2 Å². The van der Waals surface area contributed by atoms with Gasteiger partial charge in [-0.15, -0.1) is 0 Å². The van der Waals surface area contributed by atoms with Gasteiger partial charge in [-0.05, 0) is 25.2 Å². The van der Waals surface area contributed by atoms with Crippen LogP contribution in [0.5, 0.6) is 0 Å². The van der Waals surface area contributed by atoms with E-state index < -0.39 is 6.10 Å². The lowest BCUT2D eigenvalue weighted by Crippen LogP contribution is -2.43. The zero-order valence-electron chi connectivity index (χ0n) is 15.4. The van der Waals surface area contributed by atoms with Crippen molar-refractivity contribution in [3.8, 4) is 0 Å². The summed E-state index contributed by atoms with van der Waals surface area (Å²) in [6, 6.07) is 0. The first-order valence-corrected chi connectivity index (χ1v) is 9.93. The van der Waals surface area contributed by atoms with Crippen LogP contribution in [0.4, 0.5) is 0 Å². The van der Waals surface area contributed by atoms with Gasteiger partial charge in [-0.3, -0.25) is 14.5 Å². The van der Waals surface area contributed by atoms with Gasteiger partial charge in [0.05, 0.1) is 19.1 Å². The topological polar surface area (TPSA) is 67.9 Å². The van der Waals surface area contributed by atoms with Crippen LogP contribution in [0.3, 0.4) is 0 Å². The molecule has 0 unspecified atom stereocenters. The van der Waals surface area contributed by atoms with Crippen LogP contribution >= 0.6 is 0 Å². The van der Waals surface area contributed by atoms with E-state index in [0.29, 0.717) is 18.4 Å². The van der Waals surface area contributed by atoms with Crippen molar-refractivity contribution >= 4 is 11.9 Å². The molecule has 1 saturated heterocycles. The maximum Gasteiger partial charge on any atom is 0.310 e. The smallest absolute Gasteiger partial charge is 0.310 e. The summed E-state index contributed by atoms with van der Waals surface area (Å²) in [7, 11) is 0. The standard InChI is InChI=1S/C19H32N2O4/c1-14(18(22)20-7-8-21-9-11-24-12-10-21)25-19(23)17-13-16(17)15-5-3-2-4-6-15/h14-17H,2-13H2,1H3,(H,20,22)/t14-,16+,17-/m0/s1. The fourth-order valence-corrected chi connectivity index (χ4v) is 4.19. The van der Waals surface area contributed by atoms with Crippen LogP contribution in [0.2, 0.25) is 0 Å². The number of carbonyl (C=O) groups is 2. The van der Waals surface area contributed by atoms with Crippen molar-refractivity contribution in [3.63, 3.8) is 0 Å². The second-order valence-electron chi connectivity index (χ2n) is 7.73. The van der Waals surface area contributed by atoms with E-state index in [1.165, 1.54) is 32.1 Å². The van der Waals surface area contributed by atoms with E-state index in [1.54, 1.807) is 6.92 Å². The minimum atomic E-state index is -0.704.